The molecule has 13 heavy (non-hydrogen) atoms. The third kappa shape index (κ3) is 3.55. The zero-order valence-corrected chi connectivity index (χ0v) is 8.33. The molecule has 1 aromatic rings. The summed E-state index contributed by atoms with van der Waals surface area (Å²) in [5.74, 6) is 0.537. The van der Waals surface area contributed by atoms with Crippen molar-refractivity contribution in [1.82, 2.24) is 4.98 Å². The maximum Gasteiger partial charge on any atom is 0.0433 e. The molecular weight excluding hydrogens is 162 g/mol. The van der Waals surface area contributed by atoms with Crippen molar-refractivity contribution in [1.29, 1.82) is 0 Å². The van der Waals surface area contributed by atoms with Crippen LogP contribution in [0.5, 0.6) is 0 Å². The van der Waals surface area contributed by atoms with Crippen LogP contribution in [0.1, 0.15) is 24.6 Å². The van der Waals surface area contributed by atoms with Crippen molar-refractivity contribution in [2.24, 2.45) is 5.92 Å². The first kappa shape index (κ1) is 10.2. The lowest BCUT2D eigenvalue weighted by molar-refractivity contribution is 0.262. The number of hydrogen-bond acceptors (Lipinski definition) is 2. The highest BCUT2D eigenvalue weighted by Gasteiger charge is 2.02. The molecule has 0 aliphatic rings. The third-order valence-corrected chi connectivity index (χ3v) is 2.18. The van der Waals surface area contributed by atoms with Gasteiger partial charge in [0, 0.05) is 18.5 Å². The fourth-order valence-electron chi connectivity index (χ4n) is 1.34. The molecule has 0 bridgehead atoms. The molecule has 0 aliphatic heterocycles. The van der Waals surface area contributed by atoms with Crippen molar-refractivity contribution in [3.8, 4) is 0 Å². The summed E-state index contributed by atoms with van der Waals surface area (Å²) in [5.41, 5.74) is 2.31. The Morgan fingerprint density at radius 3 is 2.77 bits per heavy atom. The summed E-state index contributed by atoms with van der Waals surface area (Å²) in [6.07, 6.45) is 3.80. The third-order valence-electron chi connectivity index (χ3n) is 2.18. The van der Waals surface area contributed by atoms with E-state index in [1.54, 1.807) is 0 Å². The van der Waals surface area contributed by atoms with E-state index in [-0.39, 0.29) is 6.61 Å². The van der Waals surface area contributed by atoms with Crippen molar-refractivity contribution in [3.63, 3.8) is 0 Å². The predicted octanol–water partition coefficient (Wildman–Crippen LogP) is 1.95. The Bertz CT molecular complexity index is 243. The number of aliphatic hydroxyl groups excluding tert-OH is 1. The molecule has 0 aliphatic carbocycles. The highest BCUT2D eigenvalue weighted by atomic mass is 16.3. The van der Waals surface area contributed by atoms with E-state index in [1.165, 1.54) is 5.56 Å². The maximum atomic E-state index is 8.74. The second-order valence-electron chi connectivity index (χ2n) is 3.63. The molecule has 0 saturated heterocycles. The second-order valence-corrected chi connectivity index (χ2v) is 3.63. The van der Waals surface area contributed by atoms with Crippen LogP contribution < -0.4 is 0 Å². The Morgan fingerprint density at radius 2 is 2.23 bits per heavy atom. The number of aryl methyl sites for hydroxylation is 1. The first-order valence-corrected chi connectivity index (χ1v) is 4.74. The average molecular weight is 179 g/mol. The van der Waals surface area contributed by atoms with Crippen LogP contribution in [-0.2, 0) is 6.42 Å². The predicted molar refractivity (Wildman–Crippen MR) is 53.5 cm³/mol. The van der Waals surface area contributed by atoms with E-state index >= 15 is 0 Å². The van der Waals surface area contributed by atoms with Gasteiger partial charge in [-0.25, -0.2) is 0 Å². The second kappa shape index (κ2) is 4.97. The summed E-state index contributed by atoms with van der Waals surface area (Å²) >= 11 is 0. The molecule has 0 spiro atoms. The van der Waals surface area contributed by atoms with Crippen LogP contribution in [0.4, 0.5) is 0 Å². The standard InChI is InChI=1S/C11H17NO/c1-9(5-6-13)7-11-4-3-10(2)12-8-11/h3-4,8-9,13H,5-7H2,1-2H3. The van der Waals surface area contributed by atoms with Crippen LogP contribution in [0.15, 0.2) is 18.3 Å². The Kier molecular flexibility index (Phi) is 3.90. The molecule has 2 heteroatoms. The molecule has 0 saturated carbocycles. The molecule has 1 aromatic heterocycles. The Hall–Kier alpha value is -0.890. The summed E-state index contributed by atoms with van der Waals surface area (Å²) in [6.45, 7) is 4.41. The smallest absolute Gasteiger partial charge is 0.0433 e. The topological polar surface area (TPSA) is 33.1 Å². The summed E-state index contributed by atoms with van der Waals surface area (Å²) < 4.78 is 0. The van der Waals surface area contributed by atoms with E-state index in [0.717, 1.165) is 18.5 Å². The van der Waals surface area contributed by atoms with Crippen molar-refractivity contribution < 1.29 is 5.11 Å². The van der Waals surface area contributed by atoms with Gasteiger partial charge < -0.3 is 5.11 Å². The summed E-state index contributed by atoms with van der Waals surface area (Å²) in [6, 6.07) is 4.14. The number of pyridine rings is 1. The fraction of sp³-hybridized carbons (Fsp3) is 0.545. The van der Waals surface area contributed by atoms with Gasteiger partial charge >= 0.3 is 0 Å². The van der Waals surface area contributed by atoms with Crippen LogP contribution in [0.25, 0.3) is 0 Å². The maximum absolute atomic E-state index is 8.74. The SMILES string of the molecule is Cc1ccc(CC(C)CCO)cn1. The quantitative estimate of drug-likeness (QED) is 0.766. The van der Waals surface area contributed by atoms with Gasteiger partial charge in [-0.3, -0.25) is 4.98 Å². The number of rotatable bonds is 4. The molecule has 0 radical (unpaired) electrons. The Morgan fingerprint density at radius 1 is 1.46 bits per heavy atom. The molecule has 72 valence electrons. The van der Waals surface area contributed by atoms with Gasteiger partial charge in [0.1, 0.15) is 0 Å². The van der Waals surface area contributed by atoms with Crippen molar-refractivity contribution in [3.05, 3.63) is 29.6 Å². The normalized spacial score (nSPS) is 12.8. The lowest BCUT2D eigenvalue weighted by atomic mass is 10.00. The molecule has 0 amide bonds. The molecule has 0 fully saturated rings. The van der Waals surface area contributed by atoms with Gasteiger partial charge in [0.25, 0.3) is 0 Å². The molecular formula is C11H17NO. The van der Waals surface area contributed by atoms with Gasteiger partial charge in [0.05, 0.1) is 0 Å². The van der Waals surface area contributed by atoms with Gasteiger partial charge in [-0.15, -0.1) is 0 Å². The van der Waals surface area contributed by atoms with Crippen LogP contribution in [0.3, 0.4) is 0 Å². The number of aliphatic hydroxyl groups is 1. The first-order chi connectivity index (χ1) is 6.22. The molecule has 2 nitrogen and oxygen atoms in total. The van der Waals surface area contributed by atoms with Gasteiger partial charge in [0.15, 0.2) is 0 Å². The highest BCUT2D eigenvalue weighted by molar-refractivity contribution is 5.13. The summed E-state index contributed by atoms with van der Waals surface area (Å²) in [7, 11) is 0. The van der Waals surface area contributed by atoms with Crippen molar-refractivity contribution >= 4 is 0 Å². The van der Waals surface area contributed by atoms with Crippen LogP contribution in [-0.4, -0.2) is 16.7 Å². The minimum Gasteiger partial charge on any atom is -0.396 e. The van der Waals surface area contributed by atoms with Gasteiger partial charge in [-0.2, -0.15) is 0 Å². The molecule has 1 unspecified atom stereocenters. The van der Waals surface area contributed by atoms with Crippen molar-refractivity contribution in [2.75, 3.05) is 6.61 Å². The van der Waals surface area contributed by atoms with Gasteiger partial charge in [-0.1, -0.05) is 13.0 Å². The van der Waals surface area contributed by atoms with E-state index in [2.05, 4.69) is 18.0 Å². The lowest BCUT2D eigenvalue weighted by Crippen LogP contribution is -2.02. The molecule has 1 N–H and O–H groups in total. The zero-order valence-electron chi connectivity index (χ0n) is 8.33. The van der Waals surface area contributed by atoms with E-state index in [0.29, 0.717) is 5.92 Å². The van der Waals surface area contributed by atoms with E-state index in [4.69, 9.17) is 5.11 Å². The molecule has 0 aromatic carbocycles. The molecule has 1 rings (SSSR count). The van der Waals surface area contributed by atoms with Gasteiger partial charge in [0.2, 0.25) is 0 Å². The number of aromatic nitrogens is 1. The van der Waals surface area contributed by atoms with E-state index < -0.39 is 0 Å². The lowest BCUT2D eigenvalue weighted by Gasteiger charge is -2.08. The van der Waals surface area contributed by atoms with Crippen LogP contribution in [0.2, 0.25) is 0 Å². The zero-order chi connectivity index (χ0) is 9.68. The minimum atomic E-state index is 0.278. The number of hydrogen-bond donors (Lipinski definition) is 1. The largest absolute Gasteiger partial charge is 0.396 e. The summed E-state index contributed by atoms with van der Waals surface area (Å²) in [5, 5.41) is 8.74. The fourth-order valence-corrected chi connectivity index (χ4v) is 1.34. The van der Waals surface area contributed by atoms with E-state index in [9.17, 15) is 0 Å². The van der Waals surface area contributed by atoms with Gasteiger partial charge in [-0.05, 0) is 37.3 Å². The first-order valence-electron chi connectivity index (χ1n) is 4.74. The summed E-state index contributed by atoms with van der Waals surface area (Å²) in [4.78, 5) is 4.23. The minimum absolute atomic E-state index is 0.278. The van der Waals surface area contributed by atoms with Crippen LogP contribution in [0, 0.1) is 12.8 Å². The Balaban J connectivity index is 2.49. The highest BCUT2D eigenvalue weighted by Crippen LogP contribution is 2.10. The average Bonchev–Trinajstić information content (AvgIpc) is 2.09. The Labute approximate surface area is 79.6 Å². The van der Waals surface area contributed by atoms with Crippen LogP contribution >= 0.6 is 0 Å². The molecule has 1 heterocycles. The number of nitrogens with zero attached hydrogens (tertiary/aromatic N) is 1. The van der Waals surface area contributed by atoms with E-state index in [1.807, 2.05) is 19.2 Å². The van der Waals surface area contributed by atoms with Crippen molar-refractivity contribution in [2.45, 2.75) is 26.7 Å². The monoisotopic (exact) mass is 179 g/mol. The molecule has 1 atom stereocenters.